The Kier molecular flexibility index (Phi) is 5.64. The lowest BCUT2D eigenvalue weighted by Gasteiger charge is -2.34. The number of ether oxygens (including phenoxy) is 1. The minimum absolute atomic E-state index is 0.106. The van der Waals surface area contributed by atoms with Crippen molar-refractivity contribution in [3.05, 3.63) is 71.6 Å². The molecule has 1 fully saturated rings. The Hall–Kier alpha value is -3.59. The molecule has 9 heteroatoms. The Morgan fingerprint density at radius 2 is 1.97 bits per heavy atom. The number of carbonyl (C=O) groups excluding carboxylic acids is 2. The predicted octanol–water partition coefficient (Wildman–Crippen LogP) is 1.26. The average molecular weight is 432 g/mol. The van der Waals surface area contributed by atoms with Gasteiger partial charge in [0.2, 0.25) is 5.91 Å². The van der Waals surface area contributed by atoms with Crippen LogP contribution in [0.25, 0.3) is 5.69 Å². The monoisotopic (exact) mass is 432 g/mol. The first-order chi connectivity index (χ1) is 15.7. The summed E-state index contributed by atoms with van der Waals surface area (Å²) in [4.78, 5) is 36.9. The molecule has 2 aromatic heterocycles. The van der Waals surface area contributed by atoms with Gasteiger partial charge in [-0.25, -0.2) is 14.5 Å². The number of aromatic nitrogens is 4. The summed E-state index contributed by atoms with van der Waals surface area (Å²) in [6, 6.07) is 9.69. The number of rotatable bonds is 6. The SMILES string of the molecule is O=C1OCc2cc(CCN3CCN(C(=O)Cc4ccc(-n5cncn5)cn4)CC3)ccc21. The Morgan fingerprint density at radius 3 is 2.72 bits per heavy atom. The highest BCUT2D eigenvalue weighted by molar-refractivity contribution is 5.93. The molecule has 9 nitrogen and oxygen atoms in total. The van der Waals surface area contributed by atoms with Gasteiger partial charge in [0, 0.05) is 44.0 Å². The third-order valence-corrected chi connectivity index (χ3v) is 6.01. The van der Waals surface area contributed by atoms with E-state index in [9.17, 15) is 9.59 Å². The number of fused-ring (bicyclic) bond motifs is 1. The second-order valence-corrected chi connectivity index (χ2v) is 8.06. The second kappa shape index (κ2) is 8.88. The van der Waals surface area contributed by atoms with E-state index in [-0.39, 0.29) is 11.9 Å². The van der Waals surface area contributed by atoms with Crippen molar-refractivity contribution in [1.29, 1.82) is 0 Å². The van der Waals surface area contributed by atoms with Crippen molar-refractivity contribution in [2.45, 2.75) is 19.4 Å². The van der Waals surface area contributed by atoms with Crippen molar-refractivity contribution >= 4 is 11.9 Å². The maximum absolute atomic E-state index is 12.7. The maximum Gasteiger partial charge on any atom is 0.338 e. The summed E-state index contributed by atoms with van der Waals surface area (Å²) in [5.74, 6) is -0.123. The number of hydrogen-bond acceptors (Lipinski definition) is 7. The number of piperazine rings is 1. The molecule has 1 aromatic carbocycles. The van der Waals surface area contributed by atoms with Crippen LogP contribution in [-0.2, 0) is 29.0 Å². The first-order valence-corrected chi connectivity index (χ1v) is 10.7. The molecule has 0 N–H and O–H groups in total. The molecular weight excluding hydrogens is 408 g/mol. The number of nitrogens with zero attached hydrogens (tertiary/aromatic N) is 6. The fraction of sp³-hybridized carbons (Fsp3) is 0.348. The van der Waals surface area contributed by atoms with Gasteiger partial charge in [-0.3, -0.25) is 14.7 Å². The van der Waals surface area contributed by atoms with Crippen LogP contribution in [0.5, 0.6) is 0 Å². The molecule has 164 valence electrons. The van der Waals surface area contributed by atoms with Gasteiger partial charge in [-0.1, -0.05) is 12.1 Å². The summed E-state index contributed by atoms with van der Waals surface area (Å²) in [5, 5.41) is 4.08. The van der Waals surface area contributed by atoms with E-state index in [1.807, 2.05) is 29.2 Å². The van der Waals surface area contributed by atoms with Crippen molar-refractivity contribution < 1.29 is 14.3 Å². The Balaban J connectivity index is 1.08. The minimum Gasteiger partial charge on any atom is -0.457 e. The predicted molar refractivity (Wildman–Crippen MR) is 115 cm³/mol. The van der Waals surface area contributed by atoms with Crippen molar-refractivity contribution in [3.8, 4) is 5.69 Å². The third-order valence-electron chi connectivity index (χ3n) is 6.01. The van der Waals surface area contributed by atoms with Crippen LogP contribution in [0.1, 0.15) is 27.2 Å². The lowest BCUT2D eigenvalue weighted by atomic mass is 10.0. The maximum atomic E-state index is 12.7. The molecular formula is C23H24N6O3. The van der Waals surface area contributed by atoms with Crippen LogP contribution >= 0.6 is 0 Å². The van der Waals surface area contributed by atoms with E-state index in [4.69, 9.17) is 4.74 Å². The minimum atomic E-state index is -0.228. The van der Waals surface area contributed by atoms with Crippen molar-refractivity contribution in [3.63, 3.8) is 0 Å². The molecule has 1 amide bonds. The van der Waals surface area contributed by atoms with Crippen LogP contribution in [0.3, 0.4) is 0 Å². The van der Waals surface area contributed by atoms with Crippen LogP contribution < -0.4 is 0 Å². The van der Waals surface area contributed by atoms with Crippen LogP contribution in [0.15, 0.2) is 49.2 Å². The molecule has 0 atom stereocenters. The van der Waals surface area contributed by atoms with E-state index in [0.29, 0.717) is 18.6 Å². The van der Waals surface area contributed by atoms with E-state index >= 15 is 0 Å². The molecule has 0 aliphatic carbocycles. The average Bonchev–Trinajstić information content (AvgIpc) is 3.49. The number of pyridine rings is 1. The number of cyclic esters (lactones) is 1. The van der Waals surface area contributed by atoms with Gasteiger partial charge in [-0.05, 0) is 30.2 Å². The zero-order chi connectivity index (χ0) is 21.9. The van der Waals surface area contributed by atoms with Gasteiger partial charge in [0.05, 0.1) is 23.9 Å². The molecule has 5 rings (SSSR count). The number of esters is 1. The Bertz CT molecular complexity index is 1110. The van der Waals surface area contributed by atoms with Crippen LogP contribution in [0, 0.1) is 0 Å². The number of amides is 1. The molecule has 1 saturated heterocycles. The van der Waals surface area contributed by atoms with Crippen LogP contribution in [0.4, 0.5) is 0 Å². The van der Waals surface area contributed by atoms with E-state index < -0.39 is 0 Å². The van der Waals surface area contributed by atoms with Crippen LogP contribution in [-0.4, -0.2) is 74.1 Å². The quantitative estimate of drug-likeness (QED) is 0.542. The zero-order valence-corrected chi connectivity index (χ0v) is 17.7. The van der Waals surface area contributed by atoms with Gasteiger partial charge in [-0.15, -0.1) is 0 Å². The molecule has 0 unspecified atom stereocenters. The van der Waals surface area contributed by atoms with E-state index in [0.717, 1.165) is 56.1 Å². The fourth-order valence-corrected chi connectivity index (χ4v) is 4.12. The van der Waals surface area contributed by atoms with Gasteiger partial charge in [0.1, 0.15) is 19.3 Å². The normalized spacial score (nSPS) is 16.1. The fourth-order valence-electron chi connectivity index (χ4n) is 4.12. The zero-order valence-electron chi connectivity index (χ0n) is 17.7. The number of hydrogen-bond donors (Lipinski definition) is 0. The topological polar surface area (TPSA) is 93.5 Å². The molecule has 2 aliphatic heterocycles. The Labute approximate surface area is 185 Å². The van der Waals surface area contributed by atoms with Gasteiger partial charge < -0.3 is 9.64 Å². The highest BCUT2D eigenvalue weighted by Gasteiger charge is 2.23. The van der Waals surface area contributed by atoms with E-state index in [1.54, 1.807) is 17.2 Å². The molecule has 0 radical (unpaired) electrons. The van der Waals surface area contributed by atoms with Gasteiger partial charge in [0.15, 0.2) is 0 Å². The summed E-state index contributed by atoms with van der Waals surface area (Å²) in [6.07, 6.45) is 6.00. The molecule has 4 heterocycles. The molecule has 2 aliphatic rings. The smallest absolute Gasteiger partial charge is 0.338 e. The Morgan fingerprint density at radius 1 is 1.09 bits per heavy atom. The molecule has 32 heavy (non-hydrogen) atoms. The molecule has 0 spiro atoms. The third kappa shape index (κ3) is 4.38. The summed E-state index contributed by atoms with van der Waals surface area (Å²) in [6.45, 7) is 4.47. The van der Waals surface area contributed by atoms with E-state index in [2.05, 4.69) is 26.0 Å². The summed E-state index contributed by atoms with van der Waals surface area (Å²) in [7, 11) is 0. The standard InChI is InChI=1S/C23H24N6O3/c30-22(12-19-2-3-20(13-25-19)29-16-24-15-26-29)28-9-7-27(8-10-28)6-5-17-1-4-21-18(11-17)14-32-23(21)31/h1-4,11,13,15-16H,5-10,12,14H2. The highest BCUT2D eigenvalue weighted by atomic mass is 16.5. The van der Waals surface area contributed by atoms with E-state index in [1.165, 1.54) is 11.9 Å². The van der Waals surface area contributed by atoms with Gasteiger partial charge in [0.25, 0.3) is 0 Å². The lowest BCUT2D eigenvalue weighted by molar-refractivity contribution is -0.132. The number of benzene rings is 1. The van der Waals surface area contributed by atoms with Crippen molar-refractivity contribution in [2.24, 2.45) is 0 Å². The molecule has 3 aromatic rings. The van der Waals surface area contributed by atoms with Gasteiger partial charge >= 0.3 is 5.97 Å². The van der Waals surface area contributed by atoms with Crippen molar-refractivity contribution in [1.82, 2.24) is 29.5 Å². The highest BCUT2D eigenvalue weighted by Crippen LogP contribution is 2.21. The first kappa shape index (κ1) is 20.3. The summed E-state index contributed by atoms with van der Waals surface area (Å²) >= 11 is 0. The second-order valence-electron chi connectivity index (χ2n) is 8.06. The molecule has 0 bridgehead atoms. The lowest BCUT2D eigenvalue weighted by Crippen LogP contribution is -2.49. The summed E-state index contributed by atoms with van der Waals surface area (Å²) in [5.41, 5.74) is 4.44. The summed E-state index contributed by atoms with van der Waals surface area (Å²) < 4.78 is 6.71. The number of carbonyl (C=O) groups is 2. The molecule has 0 saturated carbocycles. The largest absolute Gasteiger partial charge is 0.457 e. The van der Waals surface area contributed by atoms with Gasteiger partial charge in [-0.2, -0.15) is 5.10 Å². The van der Waals surface area contributed by atoms with Crippen LogP contribution in [0.2, 0.25) is 0 Å². The van der Waals surface area contributed by atoms with Crippen molar-refractivity contribution in [2.75, 3.05) is 32.7 Å². The first-order valence-electron chi connectivity index (χ1n) is 10.7.